The largest absolute Gasteiger partial charge is 0.497 e. The van der Waals surface area contributed by atoms with Gasteiger partial charge < -0.3 is 14.4 Å². The molecular formula is C22H28N2O5S. The Balaban J connectivity index is 1.50. The molecule has 1 fully saturated rings. The summed E-state index contributed by atoms with van der Waals surface area (Å²) in [6.45, 7) is 5.61. The van der Waals surface area contributed by atoms with E-state index in [2.05, 4.69) is 0 Å². The molecule has 30 heavy (non-hydrogen) atoms. The molecule has 0 atom stereocenters. The highest BCUT2D eigenvalue weighted by Crippen LogP contribution is 2.22. The quantitative estimate of drug-likeness (QED) is 0.672. The summed E-state index contributed by atoms with van der Waals surface area (Å²) in [4.78, 5) is 14.4. The molecule has 7 nitrogen and oxygen atoms in total. The fourth-order valence-corrected chi connectivity index (χ4v) is 4.78. The van der Waals surface area contributed by atoms with Gasteiger partial charge in [0.25, 0.3) is 0 Å². The van der Waals surface area contributed by atoms with E-state index in [1.165, 1.54) is 23.5 Å². The van der Waals surface area contributed by atoms with Crippen molar-refractivity contribution in [3.05, 3.63) is 53.6 Å². The first-order chi connectivity index (χ1) is 14.3. The Morgan fingerprint density at radius 1 is 1.00 bits per heavy atom. The highest BCUT2D eigenvalue weighted by Gasteiger charge is 2.30. The van der Waals surface area contributed by atoms with Gasteiger partial charge in [-0.3, -0.25) is 4.79 Å². The summed E-state index contributed by atoms with van der Waals surface area (Å²) in [6.07, 6.45) is 0.263. The van der Waals surface area contributed by atoms with Crippen molar-refractivity contribution in [2.45, 2.75) is 25.2 Å². The first-order valence-corrected chi connectivity index (χ1v) is 11.4. The zero-order valence-corrected chi connectivity index (χ0v) is 18.4. The Kier molecular flexibility index (Phi) is 6.99. The summed E-state index contributed by atoms with van der Waals surface area (Å²) >= 11 is 0. The van der Waals surface area contributed by atoms with E-state index in [1.807, 2.05) is 32.0 Å². The van der Waals surface area contributed by atoms with E-state index in [0.717, 1.165) is 16.9 Å². The SMILES string of the molecule is COc1ccc(S(=O)(=O)N2CCN(C(=O)CCOc3cccc(C)c3C)CC2)cc1. The Morgan fingerprint density at radius 3 is 2.30 bits per heavy atom. The van der Waals surface area contributed by atoms with Gasteiger partial charge in [0.15, 0.2) is 0 Å². The van der Waals surface area contributed by atoms with E-state index < -0.39 is 10.0 Å². The zero-order chi connectivity index (χ0) is 21.7. The minimum atomic E-state index is -3.58. The van der Waals surface area contributed by atoms with Gasteiger partial charge in [0.1, 0.15) is 11.5 Å². The predicted octanol–water partition coefficient (Wildman–Crippen LogP) is 2.61. The Morgan fingerprint density at radius 2 is 1.67 bits per heavy atom. The molecule has 162 valence electrons. The molecule has 0 N–H and O–H groups in total. The highest BCUT2D eigenvalue weighted by molar-refractivity contribution is 7.89. The van der Waals surface area contributed by atoms with Gasteiger partial charge in [0.2, 0.25) is 15.9 Å². The van der Waals surface area contributed by atoms with Crippen molar-refractivity contribution >= 4 is 15.9 Å². The summed E-state index contributed by atoms with van der Waals surface area (Å²) in [5.74, 6) is 1.37. The molecule has 2 aromatic rings. The van der Waals surface area contributed by atoms with Crippen molar-refractivity contribution in [3.63, 3.8) is 0 Å². The van der Waals surface area contributed by atoms with Gasteiger partial charge in [-0.2, -0.15) is 4.31 Å². The monoisotopic (exact) mass is 432 g/mol. The van der Waals surface area contributed by atoms with Crippen LogP contribution in [0.25, 0.3) is 0 Å². The summed E-state index contributed by atoms with van der Waals surface area (Å²) < 4.78 is 37.9. The molecule has 0 aromatic heterocycles. The smallest absolute Gasteiger partial charge is 0.243 e. The van der Waals surface area contributed by atoms with Crippen LogP contribution in [-0.2, 0) is 14.8 Å². The summed E-state index contributed by atoms with van der Waals surface area (Å²) in [6, 6.07) is 12.2. The van der Waals surface area contributed by atoms with Crippen LogP contribution < -0.4 is 9.47 Å². The molecule has 1 aliphatic heterocycles. The number of piperazine rings is 1. The molecule has 0 aliphatic carbocycles. The number of hydrogen-bond acceptors (Lipinski definition) is 5. The van der Waals surface area contributed by atoms with Gasteiger partial charge in [-0.05, 0) is 55.3 Å². The van der Waals surface area contributed by atoms with E-state index in [-0.39, 0.29) is 30.3 Å². The second-order valence-corrected chi connectivity index (χ2v) is 9.19. The van der Waals surface area contributed by atoms with Crippen LogP contribution in [0.2, 0.25) is 0 Å². The number of amides is 1. The van der Waals surface area contributed by atoms with Crippen LogP contribution in [0, 0.1) is 13.8 Å². The van der Waals surface area contributed by atoms with Crippen molar-refractivity contribution in [2.24, 2.45) is 0 Å². The van der Waals surface area contributed by atoms with Gasteiger partial charge >= 0.3 is 0 Å². The standard InChI is InChI=1S/C22H28N2O5S/c1-17-5-4-6-21(18(17)2)29-16-11-22(25)23-12-14-24(15-13-23)30(26,27)20-9-7-19(28-3)8-10-20/h4-10H,11-16H2,1-3H3. The number of rotatable bonds is 7. The number of ether oxygens (including phenoxy) is 2. The van der Waals surface area contributed by atoms with Crippen molar-refractivity contribution in [1.29, 1.82) is 0 Å². The van der Waals surface area contributed by atoms with Crippen molar-refractivity contribution < 1.29 is 22.7 Å². The summed E-state index contributed by atoms with van der Waals surface area (Å²) in [5.41, 5.74) is 2.22. The van der Waals surface area contributed by atoms with Crippen molar-refractivity contribution in [3.8, 4) is 11.5 Å². The molecule has 0 bridgehead atoms. The number of methoxy groups -OCH3 is 1. The van der Waals surface area contributed by atoms with Crippen LogP contribution in [0.15, 0.2) is 47.4 Å². The highest BCUT2D eigenvalue weighted by atomic mass is 32.2. The topological polar surface area (TPSA) is 76.2 Å². The molecule has 2 aromatic carbocycles. The number of benzene rings is 2. The maximum Gasteiger partial charge on any atom is 0.243 e. The average Bonchev–Trinajstić information content (AvgIpc) is 2.76. The second kappa shape index (κ2) is 9.49. The van der Waals surface area contributed by atoms with Crippen molar-refractivity contribution in [2.75, 3.05) is 39.9 Å². The summed E-state index contributed by atoms with van der Waals surface area (Å²) in [7, 11) is -2.05. The van der Waals surface area contributed by atoms with E-state index in [4.69, 9.17) is 9.47 Å². The lowest BCUT2D eigenvalue weighted by molar-refractivity contribution is -0.132. The number of sulfonamides is 1. The van der Waals surface area contributed by atoms with Crippen LogP contribution in [0.3, 0.4) is 0 Å². The first kappa shape index (κ1) is 22.1. The first-order valence-electron chi connectivity index (χ1n) is 9.94. The maximum atomic E-state index is 12.8. The maximum absolute atomic E-state index is 12.8. The van der Waals surface area contributed by atoms with Crippen LogP contribution in [0.4, 0.5) is 0 Å². The molecule has 3 rings (SSSR count). The third kappa shape index (κ3) is 4.94. The molecule has 1 amide bonds. The number of carbonyl (C=O) groups excluding carboxylic acids is 1. The predicted molar refractivity (Wildman–Crippen MR) is 114 cm³/mol. The van der Waals surface area contributed by atoms with Gasteiger partial charge in [-0.1, -0.05) is 12.1 Å². The third-order valence-electron chi connectivity index (χ3n) is 5.42. The van der Waals surface area contributed by atoms with E-state index >= 15 is 0 Å². The van der Waals surface area contributed by atoms with E-state index in [1.54, 1.807) is 17.0 Å². The molecule has 1 aliphatic rings. The second-order valence-electron chi connectivity index (χ2n) is 7.26. The lowest BCUT2D eigenvalue weighted by atomic mass is 10.1. The molecule has 0 spiro atoms. The zero-order valence-electron chi connectivity index (χ0n) is 17.6. The molecule has 1 heterocycles. The van der Waals surface area contributed by atoms with Crippen molar-refractivity contribution in [1.82, 2.24) is 9.21 Å². The van der Waals surface area contributed by atoms with E-state index in [0.29, 0.717) is 25.4 Å². The Labute approximate surface area is 178 Å². The average molecular weight is 433 g/mol. The van der Waals surface area contributed by atoms with E-state index in [9.17, 15) is 13.2 Å². The van der Waals surface area contributed by atoms with Gasteiger partial charge in [0.05, 0.1) is 25.0 Å². The normalized spacial score (nSPS) is 15.1. The number of nitrogens with zero attached hydrogens (tertiary/aromatic N) is 2. The molecule has 0 unspecified atom stereocenters. The van der Waals surface area contributed by atoms with Crippen LogP contribution in [-0.4, -0.2) is 63.4 Å². The van der Waals surface area contributed by atoms with Gasteiger partial charge in [-0.25, -0.2) is 8.42 Å². The minimum absolute atomic E-state index is 0.0261. The minimum Gasteiger partial charge on any atom is -0.497 e. The fraction of sp³-hybridized carbons (Fsp3) is 0.409. The molecule has 0 radical (unpaired) electrons. The van der Waals surface area contributed by atoms with Gasteiger partial charge in [-0.15, -0.1) is 0 Å². The fourth-order valence-electron chi connectivity index (χ4n) is 3.36. The molecule has 1 saturated heterocycles. The number of carbonyl (C=O) groups is 1. The Bertz CT molecular complexity index is 981. The lowest BCUT2D eigenvalue weighted by Gasteiger charge is -2.34. The lowest BCUT2D eigenvalue weighted by Crippen LogP contribution is -2.50. The number of hydrogen-bond donors (Lipinski definition) is 0. The van der Waals surface area contributed by atoms with Crippen LogP contribution >= 0.6 is 0 Å². The molecular weight excluding hydrogens is 404 g/mol. The number of aryl methyl sites for hydroxylation is 1. The van der Waals surface area contributed by atoms with Crippen LogP contribution in [0.5, 0.6) is 11.5 Å². The Hall–Kier alpha value is -2.58. The summed E-state index contributed by atoms with van der Waals surface area (Å²) in [5, 5.41) is 0. The molecule has 8 heteroatoms. The molecule has 0 saturated carbocycles. The van der Waals surface area contributed by atoms with Crippen LogP contribution in [0.1, 0.15) is 17.5 Å². The van der Waals surface area contributed by atoms with Gasteiger partial charge in [0, 0.05) is 26.2 Å². The third-order valence-corrected chi connectivity index (χ3v) is 7.33.